The Bertz CT molecular complexity index is 576. The Hall–Kier alpha value is -0.930. The van der Waals surface area contributed by atoms with Crippen LogP contribution in [0.15, 0.2) is 57.9 Å². The van der Waals surface area contributed by atoms with Crippen LogP contribution < -0.4 is 5.32 Å². The van der Waals surface area contributed by atoms with Crippen LogP contribution in [0.25, 0.3) is 0 Å². The molecule has 0 spiro atoms. The van der Waals surface area contributed by atoms with E-state index in [1.807, 2.05) is 11.8 Å². The third-order valence-corrected chi connectivity index (χ3v) is 5.69. The molecule has 3 rings (SSSR count). The van der Waals surface area contributed by atoms with Gasteiger partial charge in [0.2, 0.25) is 0 Å². The van der Waals surface area contributed by atoms with Gasteiger partial charge in [-0.25, -0.2) is 0 Å². The summed E-state index contributed by atoms with van der Waals surface area (Å²) in [5, 5.41) is 4.32. The number of rotatable bonds is 5. The van der Waals surface area contributed by atoms with E-state index in [1.54, 1.807) is 0 Å². The highest BCUT2D eigenvalue weighted by atomic mass is 79.9. The maximum Gasteiger partial charge on any atom is 0.0401 e. The zero-order valence-corrected chi connectivity index (χ0v) is 14.4. The third kappa shape index (κ3) is 4.52. The van der Waals surface area contributed by atoms with Crippen LogP contribution in [0.1, 0.15) is 31.2 Å². The molecular weight excluding hydrogens is 342 g/mol. The van der Waals surface area contributed by atoms with Crippen LogP contribution in [0.4, 0.5) is 5.69 Å². The van der Waals surface area contributed by atoms with E-state index in [2.05, 4.69) is 69.8 Å². The normalized spacial score (nSPS) is 15.3. The summed E-state index contributed by atoms with van der Waals surface area (Å²) >= 11 is 5.55. The monoisotopic (exact) mass is 361 g/mol. The third-order valence-electron chi connectivity index (χ3n) is 3.84. The van der Waals surface area contributed by atoms with Crippen molar-refractivity contribution in [2.75, 3.05) is 5.32 Å². The summed E-state index contributed by atoms with van der Waals surface area (Å²) in [5.41, 5.74) is 2.47. The fraction of sp³-hybridized carbons (Fsp3) is 0.333. The molecule has 0 radical (unpaired) electrons. The first-order chi connectivity index (χ1) is 10.3. The average molecular weight is 362 g/mol. The minimum absolute atomic E-state index is 0.838. The van der Waals surface area contributed by atoms with Crippen molar-refractivity contribution < 1.29 is 0 Å². The Morgan fingerprint density at radius 2 is 1.81 bits per heavy atom. The lowest BCUT2D eigenvalue weighted by Crippen LogP contribution is -1.99. The van der Waals surface area contributed by atoms with Gasteiger partial charge in [0, 0.05) is 26.9 Å². The highest BCUT2D eigenvalue weighted by Crippen LogP contribution is 2.34. The van der Waals surface area contributed by atoms with Gasteiger partial charge in [-0.05, 0) is 54.8 Å². The predicted molar refractivity (Wildman–Crippen MR) is 96.0 cm³/mol. The molecular formula is C18H20BrNS. The van der Waals surface area contributed by atoms with Crippen LogP contribution in [0, 0.1) is 0 Å². The Morgan fingerprint density at radius 1 is 1.05 bits per heavy atom. The maximum absolute atomic E-state index is 3.51. The molecule has 3 heteroatoms. The number of hydrogen-bond acceptors (Lipinski definition) is 2. The summed E-state index contributed by atoms with van der Waals surface area (Å²) in [6, 6.07) is 17.3. The van der Waals surface area contributed by atoms with Crippen molar-refractivity contribution in [3.05, 3.63) is 58.6 Å². The van der Waals surface area contributed by atoms with Crippen LogP contribution in [-0.4, -0.2) is 5.25 Å². The average Bonchev–Trinajstić information content (AvgIpc) is 3.00. The molecule has 0 aromatic heterocycles. The van der Waals surface area contributed by atoms with Gasteiger partial charge in [0.25, 0.3) is 0 Å². The molecule has 1 N–H and O–H groups in total. The molecule has 1 aliphatic rings. The Labute approximate surface area is 139 Å². The number of thioether (sulfide) groups is 1. The van der Waals surface area contributed by atoms with Crippen LogP contribution in [0.5, 0.6) is 0 Å². The quantitative estimate of drug-likeness (QED) is 0.690. The lowest BCUT2D eigenvalue weighted by Gasteiger charge is -2.10. The highest BCUT2D eigenvalue weighted by molar-refractivity contribution is 9.10. The fourth-order valence-electron chi connectivity index (χ4n) is 2.70. The lowest BCUT2D eigenvalue weighted by molar-refractivity contribution is 0.886. The van der Waals surface area contributed by atoms with E-state index in [0.717, 1.165) is 16.3 Å². The van der Waals surface area contributed by atoms with Crippen LogP contribution in [-0.2, 0) is 6.54 Å². The summed E-state index contributed by atoms with van der Waals surface area (Å²) in [6.07, 6.45) is 5.58. The second kappa shape index (κ2) is 7.37. The molecule has 2 aromatic rings. The summed E-state index contributed by atoms with van der Waals surface area (Å²) in [6.45, 7) is 0.856. The molecule has 0 unspecified atom stereocenters. The summed E-state index contributed by atoms with van der Waals surface area (Å²) in [7, 11) is 0. The fourth-order valence-corrected chi connectivity index (χ4v) is 4.39. The Balaban J connectivity index is 1.54. The van der Waals surface area contributed by atoms with E-state index in [4.69, 9.17) is 0 Å². The van der Waals surface area contributed by atoms with Crippen molar-refractivity contribution in [2.45, 2.75) is 42.4 Å². The van der Waals surface area contributed by atoms with E-state index < -0.39 is 0 Å². The number of benzene rings is 2. The number of nitrogens with one attached hydrogen (secondary N) is 1. The van der Waals surface area contributed by atoms with Gasteiger partial charge in [-0.2, -0.15) is 0 Å². The van der Waals surface area contributed by atoms with Crippen molar-refractivity contribution >= 4 is 33.4 Å². The predicted octanol–water partition coefficient (Wildman–Crippen LogP) is 6.10. The SMILES string of the molecule is Brc1cccc(CNc2ccc(SC3CCCC3)cc2)c1. The molecule has 1 saturated carbocycles. The molecule has 1 aliphatic carbocycles. The van der Waals surface area contributed by atoms with Crippen molar-refractivity contribution in [1.29, 1.82) is 0 Å². The second-order valence-corrected chi connectivity index (χ2v) is 7.82. The molecule has 2 aromatic carbocycles. The van der Waals surface area contributed by atoms with Crippen LogP contribution in [0.2, 0.25) is 0 Å². The smallest absolute Gasteiger partial charge is 0.0401 e. The molecule has 1 fully saturated rings. The van der Waals surface area contributed by atoms with Crippen molar-refractivity contribution in [3.63, 3.8) is 0 Å². The number of anilines is 1. The van der Waals surface area contributed by atoms with Gasteiger partial charge in [0.05, 0.1) is 0 Å². The molecule has 21 heavy (non-hydrogen) atoms. The van der Waals surface area contributed by atoms with Crippen LogP contribution >= 0.6 is 27.7 Å². The van der Waals surface area contributed by atoms with Gasteiger partial charge in [0.15, 0.2) is 0 Å². The Kier molecular flexibility index (Phi) is 5.26. The summed E-state index contributed by atoms with van der Waals surface area (Å²) < 4.78 is 1.13. The molecule has 0 saturated heterocycles. The second-order valence-electron chi connectivity index (χ2n) is 5.53. The first kappa shape index (κ1) is 15.0. The molecule has 0 atom stereocenters. The number of hydrogen-bond donors (Lipinski definition) is 1. The largest absolute Gasteiger partial charge is 0.381 e. The van der Waals surface area contributed by atoms with E-state index in [0.29, 0.717) is 0 Å². The van der Waals surface area contributed by atoms with E-state index in [-0.39, 0.29) is 0 Å². The van der Waals surface area contributed by atoms with E-state index in [1.165, 1.54) is 41.8 Å². The van der Waals surface area contributed by atoms with Crippen LogP contribution in [0.3, 0.4) is 0 Å². The minimum Gasteiger partial charge on any atom is -0.381 e. The zero-order valence-electron chi connectivity index (χ0n) is 12.0. The zero-order chi connectivity index (χ0) is 14.5. The number of halogens is 1. The highest BCUT2D eigenvalue weighted by Gasteiger charge is 2.15. The Morgan fingerprint density at radius 3 is 2.52 bits per heavy atom. The van der Waals surface area contributed by atoms with E-state index >= 15 is 0 Å². The minimum atomic E-state index is 0.838. The maximum atomic E-state index is 3.51. The summed E-state index contributed by atoms with van der Waals surface area (Å²) in [4.78, 5) is 1.40. The van der Waals surface area contributed by atoms with E-state index in [9.17, 15) is 0 Å². The molecule has 1 nitrogen and oxygen atoms in total. The van der Waals surface area contributed by atoms with Gasteiger partial charge < -0.3 is 5.32 Å². The standard InChI is InChI=1S/C18H20BrNS/c19-15-5-3-4-14(12-15)13-20-16-8-10-18(11-9-16)21-17-6-1-2-7-17/h3-5,8-12,17,20H,1-2,6-7,13H2. The molecule has 0 heterocycles. The van der Waals surface area contributed by atoms with Gasteiger partial charge in [0.1, 0.15) is 0 Å². The van der Waals surface area contributed by atoms with Gasteiger partial charge in [-0.15, -0.1) is 11.8 Å². The summed E-state index contributed by atoms with van der Waals surface area (Å²) in [5.74, 6) is 0. The van der Waals surface area contributed by atoms with Gasteiger partial charge >= 0.3 is 0 Å². The van der Waals surface area contributed by atoms with Crippen molar-refractivity contribution in [3.8, 4) is 0 Å². The molecule has 0 amide bonds. The van der Waals surface area contributed by atoms with Gasteiger partial charge in [-0.1, -0.05) is 40.9 Å². The van der Waals surface area contributed by atoms with Crippen molar-refractivity contribution in [1.82, 2.24) is 0 Å². The van der Waals surface area contributed by atoms with Crippen molar-refractivity contribution in [2.24, 2.45) is 0 Å². The molecule has 0 bridgehead atoms. The molecule has 0 aliphatic heterocycles. The lowest BCUT2D eigenvalue weighted by atomic mass is 10.2. The molecule has 110 valence electrons. The van der Waals surface area contributed by atoms with Gasteiger partial charge in [-0.3, -0.25) is 0 Å². The first-order valence-corrected chi connectivity index (χ1v) is 9.22. The first-order valence-electron chi connectivity index (χ1n) is 7.55. The topological polar surface area (TPSA) is 12.0 Å².